The number of nitrogens with two attached hydrogens (primary N) is 1. The van der Waals surface area contributed by atoms with Gasteiger partial charge in [0.1, 0.15) is 0 Å². The summed E-state index contributed by atoms with van der Waals surface area (Å²) in [6.45, 7) is 4.40. The number of nitrogens with one attached hydrogen (secondary N) is 1. The summed E-state index contributed by atoms with van der Waals surface area (Å²) >= 11 is 0. The van der Waals surface area contributed by atoms with Crippen molar-refractivity contribution in [3.8, 4) is 0 Å². The molecule has 21 heavy (non-hydrogen) atoms. The van der Waals surface area contributed by atoms with Gasteiger partial charge in [-0.2, -0.15) is 0 Å². The van der Waals surface area contributed by atoms with E-state index in [-0.39, 0.29) is 4.90 Å². The Labute approximate surface area is 127 Å². The second-order valence-corrected chi connectivity index (χ2v) is 8.04. The Morgan fingerprint density at radius 2 is 1.81 bits per heavy atom. The number of anilines is 1. The maximum absolute atomic E-state index is 12.6. The number of nitrogens with zero attached hydrogens (tertiary/aromatic N) is 1. The number of hydrogen-bond donors (Lipinski definition) is 2. The Kier molecular flexibility index (Phi) is 6.15. The third-order valence-electron chi connectivity index (χ3n) is 3.18. The van der Waals surface area contributed by atoms with E-state index in [1.165, 1.54) is 12.1 Å². The minimum atomic E-state index is -3.57. The molecule has 0 aliphatic heterocycles. The van der Waals surface area contributed by atoms with Crippen molar-refractivity contribution in [2.75, 3.05) is 32.7 Å². The van der Waals surface area contributed by atoms with Crippen LogP contribution >= 0.6 is 0 Å². The van der Waals surface area contributed by atoms with Gasteiger partial charge in [-0.1, -0.05) is 0 Å². The van der Waals surface area contributed by atoms with E-state index in [1.54, 1.807) is 26.0 Å². The van der Waals surface area contributed by atoms with E-state index in [2.05, 4.69) is 5.43 Å². The molecule has 0 unspecified atom stereocenters. The lowest BCUT2D eigenvalue weighted by Gasteiger charge is -2.26. The summed E-state index contributed by atoms with van der Waals surface area (Å²) in [5.74, 6) is 5.27. The van der Waals surface area contributed by atoms with Gasteiger partial charge in [0.15, 0.2) is 4.93 Å². The monoisotopic (exact) mass is 315 g/mol. The Hall–Kier alpha value is -1.15. The highest BCUT2D eigenvalue weighted by atomic mass is 32.2. The van der Waals surface area contributed by atoms with E-state index in [4.69, 9.17) is 10.6 Å². The SMILES string of the molecule is CN(C)CCCOC(C)(C)S(=O)(=O)c1ccc(NN)cc1. The van der Waals surface area contributed by atoms with Crippen LogP contribution in [0.2, 0.25) is 0 Å². The number of rotatable bonds is 8. The van der Waals surface area contributed by atoms with Gasteiger partial charge in [0.05, 0.1) is 4.90 Å². The molecule has 0 heterocycles. The van der Waals surface area contributed by atoms with Crippen LogP contribution in [0.1, 0.15) is 20.3 Å². The molecule has 120 valence electrons. The summed E-state index contributed by atoms with van der Waals surface area (Å²) in [7, 11) is 0.366. The van der Waals surface area contributed by atoms with Gasteiger partial charge < -0.3 is 15.1 Å². The average Bonchev–Trinajstić information content (AvgIpc) is 2.43. The van der Waals surface area contributed by atoms with E-state index in [0.29, 0.717) is 12.3 Å². The van der Waals surface area contributed by atoms with E-state index in [1.807, 2.05) is 19.0 Å². The van der Waals surface area contributed by atoms with E-state index >= 15 is 0 Å². The molecule has 0 radical (unpaired) electrons. The Bertz CT molecular complexity index is 539. The van der Waals surface area contributed by atoms with Crippen LogP contribution in [-0.4, -0.2) is 45.5 Å². The second kappa shape index (κ2) is 7.22. The fourth-order valence-electron chi connectivity index (χ4n) is 1.79. The van der Waals surface area contributed by atoms with Gasteiger partial charge in [-0.15, -0.1) is 0 Å². The van der Waals surface area contributed by atoms with Crippen molar-refractivity contribution in [2.45, 2.75) is 30.1 Å². The van der Waals surface area contributed by atoms with Gasteiger partial charge >= 0.3 is 0 Å². The topological polar surface area (TPSA) is 84.7 Å². The second-order valence-electron chi connectivity index (χ2n) is 5.58. The molecule has 1 aromatic rings. The van der Waals surface area contributed by atoms with Crippen molar-refractivity contribution >= 4 is 15.5 Å². The lowest BCUT2D eigenvalue weighted by Crippen LogP contribution is -2.36. The number of sulfone groups is 1. The molecular weight excluding hydrogens is 290 g/mol. The molecule has 0 aromatic heterocycles. The van der Waals surface area contributed by atoms with Gasteiger partial charge in [0.25, 0.3) is 0 Å². The van der Waals surface area contributed by atoms with Crippen LogP contribution in [0.4, 0.5) is 5.69 Å². The summed E-state index contributed by atoms with van der Waals surface area (Å²) in [5.41, 5.74) is 3.12. The number of nitrogen functional groups attached to an aromatic ring is 1. The molecule has 0 amide bonds. The maximum atomic E-state index is 12.6. The molecule has 6 nitrogen and oxygen atoms in total. The predicted molar refractivity (Wildman–Crippen MR) is 84.6 cm³/mol. The first-order valence-corrected chi connectivity index (χ1v) is 8.29. The van der Waals surface area contributed by atoms with Crippen molar-refractivity contribution < 1.29 is 13.2 Å². The molecule has 0 spiro atoms. The average molecular weight is 315 g/mol. The first-order valence-electron chi connectivity index (χ1n) is 6.81. The van der Waals surface area contributed by atoms with Gasteiger partial charge in [0, 0.05) is 12.3 Å². The Balaban J connectivity index is 2.78. The maximum Gasteiger partial charge on any atom is 0.207 e. The van der Waals surface area contributed by atoms with Crippen molar-refractivity contribution in [3.05, 3.63) is 24.3 Å². The van der Waals surface area contributed by atoms with Gasteiger partial charge in [-0.05, 0) is 65.2 Å². The highest BCUT2D eigenvalue weighted by molar-refractivity contribution is 7.92. The van der Waals surface area contributed by atoms with Crippen LogP contribution in [0.3, 0.4) is 0 Å². The van der Waals surface area contributed by atoms with Crippen LogP contribution in [0.15, 0.2) is 29.2 Å². The number of ether oxygens (including phenoxy) is 1. The third-order valence-corrected chi connectivity index (χ3v) is 5.48. The van der Waals surface area contributed by atoms with E-state index in [0.717, 1.165) is 13.0 Å². The molecule has 0 aliphatic rings. The Morgan fingerprint density at radius 1 is 1.24 bits per heavy atom. The van der Waals surface area contributed by atoms with E-state index < -0.39 is 14.8 Å². The minimum absolute atomic E-state index is 0.221. The molecule has 1 rings (SSSR count). The van der Waals surface area contributed by atoms with Crippen LogP contribution in [0, 0.1) is 0 Å². The molecule has 1 aromatic carbocycles. The Morgan fingerprint density at radius 3 is 2.29 bits per heavy atom. The zero-order valence-electron chi connectivity index (χ0n) is 13.1. The van der Waals surface area contributed by atoms with Crippen molar-refractivity contribution in [3.63, 3.8) is 0 Å². The van der Waals surface area contributed by atoms with Crippen LogP contribution in [0.5, 0.6) is 0 Å². The highest BCUT2D eigenvalue weighted by Crippen LogP contribution is 2.27. The summed E-state index contributed by atoms with van der Waals surface area (Å²) in [6.07, 6.45) is 0.780. The summed E-state index contributed by atoms with van der Waals surface area (Å²) < 4.78 is 30.8. The lowest BCUT2D eigenvalue weighted by molar-refractivity contribution is 0.0401. The summed E-state index contributed by atoms with van der Waals surface area (Å²) in [4.78, 5) is 0.986. The normalized spacial score (nSPS) is 12.7. The molecule has 3 N–H and O–H groups in total. The van der Waals surface area contributed by atoms with Crippen molar-refractivity contribution in [1.29, 1.82) is 0 Å². The molecule has 7 heteroatoms. The number of hydrazine groups is 1. The molecule has 0 saturated heterocycles. The molecule has 0 saturated carbocycles. The minimum Gasteiger partial charge on any atom is -0.359 e. The molecular formula is C14H25N3O3S. The molecule has 0 atom stereocenters. The fraction of sp³-hybridized carbons (Fsp3) is 0.571. The molecule has 0 aliphatic carbocycles. The zero-order chi connectivity index (χ0) is 16.1. The summed E-state index contributed by atoms with van der Waals surface area (Å²) in [5, 5.41) is 0. The van der Waals surface area contributed by atoms with E-state index in [9.17, 15) is 8.42 Å². The first-order chi connectivity index (χ1) is 9.70. The molecule has 0 fully saturated rings. The lowest BCUT2D eigenvalue weighted by atomic mass is 10.3. The van der Waals surface area contributed by atoms with Gasteiger partial charge in [-0.3, -0.25) is 5.84 Å². The van der Waals surface area contributed by atoms with Crippen molar-refractivity contribution in [2.24, 2.45) is 5.84 Å². The van der Waals surface area contributed by atoms with Gasteiger partial charge in [0.2, 0.25) is 9.84 Å². The van der Waals surface area contributed by atoms with Crippen LogP contribution < -0.4 is 11.3 Å². The first kappa shape index (κ1) is 17.9. The largest absolute Gasteiger partial charge is 0.359 e. The number of benzene rings is 1. The predicted octanol–water partition coefficient (Wildman–Crippen LogP) is 1.45. The van der Waals surface area contributed by atoms with Crippen LogP contribution in [-0.2, 0) is 14.6 Å². The molecule has 0 bridgehead atoms. The standard InChI is InChI=1S/C14H25N3O3S/c1-14(2,20-11-5-10-17(3)4)21(18,19)13-8-6-12(16-15)7-9-13/h6-9,16H,5,10-11,15H2,1-4H3. The highest BCUT2D eigenvalue weighted by Gasteiger charge is 2.36. The van der Waals surface area contributed by atoms with Crippen molar-refractivity contribution in [1.82, 2.24) is 4.90 Å². The van der Waals surface area contributed by atoms with Crippen LogP contribution in [0.25, 0.3) is 0 Å². The smallest absolute Gasteiger partial charge is 0.207 e. The quantitative estimate of drug-likeness (QED) is 0.429. The summed E-state index contributed by atoms with van der Waals surface area (Å²) in [6, 6.07) is 6.29. The third kappa shape index (κ3) is 4.67. The zero-order valence-corrected chi connectivity index (χ0v) is 13.9. The number of hydrogen-bond acceptors (Lipinski definition) is 6. The van der Waals surface area contributed by atoms with Gasteiger partial charge in [-0.25, -0.2) is 8.42 Å². The fourth-order valence-corrected chi connectivity index (χ4v) is 3.09.